The molecule has 0 radical (unpaired) electrons. The minimum absolute atomic E-state index is 0.00145. The lowest BCUT2D eigenvalue weighted by Gasteiger charge is -2.24. The third kappa shape index (κ3) is 4.32. The summed E-state index contributed by atoms with van der Waals surface area (Å²) >= 11 is 0. The summed E-state index contributed by atoms with van der Waals surface area (Å²) in [6.07, 6.45) is 0.802. The average molecular weight is 344 g/mol. The van der Waals surface area contributed by atoms with E-state index in [9.17, 15) is 13.2 Å². The summed E-state index contributed by atoms with van der Waals surface area (Å²) in [5.74, 6) is -0.185. The van der Waals surface area contributed by atoms with Gasteiger partial charge in [0.05, 0.1) is 11.4 Å². The van der Waals surface area contributed by atoms with Crippen molar-refractivity contribution >= 4 is 15.9 Å². The summed E-state index contributed by atoms with van der Waals surface area (Å²) in [4.78, 5) is 12.4. The third-order valence-electron chi connectivity index (χ3n) is 4.08. The molecule has 0 aromatic carbocycles. The largest absolute Gasteiger partial charge is 0.350 e. The summed E-state index contributed by atoms with van der Waals surface area (Å²) in [7, 11) is -2.06. The number of sulfonamides is 1. The molecule has 23 heavy (non-hydrogen) atoms. The lowest BCUT2D eigenvalue weighted by atomic mass is 10.0. The molecule has 7 nitrogen and oxygen atoms in total. The monoisotopic (exact) mass is 344 g/mol. The van der Waals surface area contributed by atoms with E-state index in [1.807, 2.05) is 20.8 Å². The fourth-order valence-corrected chi connectivity index (χ4v) is 3.72. The Kier molecular flexibility index (Phi) is 5.98. The number of carbonyl (C=O) groups is 1. The number of rotatable bonds is 7. The van der Waals surface area contributed by atoms with Crippen LogP contribution in [-0.2, 0) is 21.4 Å². The second kappa shape index (κ2) is 7.00. The van der Waals surface area contributed by atoms with Crippen molar-refractivity contribution in [1.82, 2.24) is 19.4 Å². The van der Waals surface area contributed by atoms with Gasteiger partial charge in [-0.1, -0.05) is 13.8 Å². The third-order valence-corrected chi connectivity index (χ3v) is 6.27. The van der Waals surface area contributed by atoms with Crippen LogP contribution in [-0.4, -0.2) is 47.5 Å². The number of aromatic nitrogens is 2. The Balaban J connectivity index is 3.11. The van der Waals surface area contributed by atoms with Gasteiger partial charge in [-0.3, -0.25) is 9.48 Å². The zero-order valence-corrected chi connectivity index (χ0v) is 15.9. The summed E-state index contributed by atoms with van der Waals surface area (Å²) in [5.41, 5.74) is 0.586. The van der Waals surface area contributed by atoms with Crippen LogP contribution in [0.3, 0.4) is 0 Å². The van der Waals surface area contributed by atoms with E-state index in [-0.39, 0.29) is 22.9 Å². The second-order valence-electron chi connectivity index (χ2n) is 6.36. The van der Waals surface area contributed by atoms with Crippen LogP contribution in [0.25, 0.3) is 0 Å². The number of nitrogens with one attached hydrogen (secondary N) is 1. The smallest absolute Gasteiger partial charge is 0.246 e. The first-order valence-electron chi connectivity index (χ1n) is 7.77. The van der Waals surface area contributed by atoms with E-state index in [1.165, 1.54) is 16.0 Å². The maximum atomic E-state index is 12.6. The molecular formula is C15H28N4O3S. The number of nitrogens with zero attached hydrogens (tertiary/aromatic N) is 3. The highest BCUT2D eigenvalue weighted by atomic mass is 32.2. The second-order valence-corrected chi connectivity index (χ2v) is 8.34. The number of carbonyl (C=O) groups excluding carboxylic acids is 1. The van der Waals surface area contributed by atoms with Crippen molar-refractivity contribution in [3.8, 4) is 0 Å². The first-order valence-corrected chi connectivity index (χ1v) is 9.21. The van der Waals surface area contributed by atoms with Crippen molar-refractivity contribution in [2.75, 3.05) is 13.6 Å². The van der Waals surface area contributed by atoms with E-state index in [0.29, 0.717) is 17.9 Å². The minimum atomic E-state index is -3.59. The van der Waals surface area contributed by atoms with Gasteiger partial charge in [0.25, 0.3) is 0 Å². The Labute approximate surface area is 139 Å². The molecule has 1 N–H and O–H groups in total. The number of amides is 1. The highest BCUT2D eigenvalue weighted by Gasteiger charge is 2.28. The molecule has 1 aromatic rings. The number of hydrogen-bond donors (Lipinski definition) is 1. The predicted molar refractivity (Wildman–Crippen MR) is 89.7 cm³/mol. The molecular weight excluding hydrogens is 316 g/mol. The van der Waals surface area contributed by atoms with Crippen LogP contribution < -0.4 is 5.32 Å². The quantitative estimate of drug-likeness (QED) is 0.811. The summed E-state index contributed by atoms with van der Waals surface area (Å²) in [5, 5.41) is 7.16. The molecule has 1 aromatic heterocycles. The van der Waals surface area contributed by atoms with Gasteiger partial charge in [0, 0.05) is 19.1 Å². The van der Waals surface area contributed by atoms with E-state index in [1.54, 1.807) is 20.8 Å². The van der Waals surface area contributed by atoms with Crippen LogP contribution in [0.5, 0.6) is 0 Å². The molecule has 0 aliphatic rings. The van der Waals surface area contributed by atoms with Crippen LogP contribution >= 0.6 is 0 Å². The van der Waals surface area contributed by atoms with E-state index in [2.05, 4.69) is 10.4 Å². The molecule has 0 bridgehead atoms. The molecule has 0 saturated heterocycles. The topological polar surface area (TPSA) is 84.3 Å². The van der Waals surface area contributed by atoms with Gasteiger partial charge in [-0.25, -0.2) is 12.7 Å². The Morgan fingerprint density at radius 1 is 1.30 bits per heavy atom. The summed E-state index contributed by atoms with van der Waals surface area (Å²) in [6.45, 7) is 11.3. The summed E-state index contributed by atoms with van der Waals surface area (Å²) < 4.78 is 27.8. The molecule has 0 fully saturated rings. The van der Waals surface area contributed by atoms with Crippen molar-refractivity contribution in [3.63, 3.8) is 0 Å². The first kappa shape index (κ1) is 19.6. The van der Waals surface area contributed by atoms with Crippen molar-refractivity contribution in [3.05, 3.63) is 11.4 Å². The van der Waals surface area contributed by atoms with Gasteiger partial charge >= 0.3 is 0 Å². The first-order chi connectivity index (χ1) is 10.5. The van der Waals surface area contributed by atoms with Gasteiger partial charge in [-0.15, -0.1) is 0 Å². The van der Waals surface area contributed by atoms with Gasteiger partial charge < -0.3 is 5.32 Å². The maximum absolute atomic E-state index is 12.6. The molecule has 132 valence electrons. The van der Waals surface area contributed by atoms with Crippen LogP contribution in [0.1, 0.15) is 45.5 Å². The van der Waals surface area contributed by atoms with Crippen LogP contribution in [0, 0.1) is 13.8 Å². The predicted octanol–water partition coefficient (Wildman–Crippen LogP) is 1.45. The van der Waals surface area contributed by atoms with E-state index in [4.69, 9.17) is 0 Å². The van der Waals surface area contributed by atoms with Crippen LogP contribution in [0.4, 0.5) is 0 Å². The van der Waals surface area contributed by atoms with Crippen LogP contribution in [0.2, 0.25) is 0 Å². The van der Waals surface area contributed by atoms with Gasteiger partial charge in [-0.05, 0) is 34.1 Å². The normalized spacial score (nSPS) is 12.7. The van der Waals surface area contributed by atoms with Crippen molar-refractivity contribution < 1.29 is 13.2 Å². The Morgan fingerprint density at radius 3 is 2.35 bits per heavy atom. The Hall–Kier alpha value is -1.41. The molecule has 1 amide bonds. The molecule has 8 heteroatoms. The minimum Gasteiger partial charge on any atom is -0.350 e. The molecule has 1 heterocycles. The zero-order chi connectivity index (χ0) is 18.0. The molecule has 0 atom stereocenters. The van der Waals surface area contributed by atoms with Gasteiger partial charge in [0.1, 0.15) is 11.4 Å². The lowest BCUT2D eigenvalue weighted by molar-refractivity contribution is -0.123. The van der Waals surface area contributed by atoms with E-state index in [0.717, 1.165) is 6.42 Å². The molecule has 0 aliphatic carbocycles. The highest BCUT2D eigenvalue weighted by Crippen LogP contribution is 2.22. The number of hydrogen-bond acceptors (Lipinski definition) is 4. The maximum Gasteiger partial charge on any atom is 0.246 e. The van der Waals surface area contributed by atoms with Crippen molar-refractivity contribution in [2.24, 2.45) is 0 Å². The number of aryl methyl sites for hydroxylation is 1. The van der Waals surface area contributed by atoms with E-state index >= 15 is 0 Å². The van der Waals surface area contributed by atoms with Crippen molar-refractivity contribution in [2.45, 2.75) is 64.9 Å². The van der Waals surface area contributed by atoms with Crippen LogP contribution in [0.15, 0.2) is 4.90 Å². The fourth-order valence-electron chi connectivity index (χ4n) is 2.17. The SMILES string of the molecule is CCN(C)S(=O)(=O)c1c(C)nn(CC(=O)NC(C)(C)CC)c1C. The fraction of sp³-hybridized carbons (Fsp3) is 0.733. The molecule has 0 saturated carbocycles. The van der Waals surface area contributed by atoms with Gasteiger partial charge in [-0.2, -0.15) is 5.10 Å². The average Bonchev–Trinajstić information content (AvgIpc) is 2.71. The van der Waals surface area contributed by atoms with Crippen molar-refractivity contribution in [1.29, 1.82) is 0 Å². The summed E-state index contributed by atoms with van der Waals surface area (Å²) in [6, 6.07) is 0. The zero-order valence-electron chi connectivity index (χ0n) is 15.1. The van der Waals surface area contributed by atoms with E-state index < -0.39 is 10.0 Å². The van der Waals surface area contributed by atoms with Gasteiger partial charge in [0.15, 0.2) is 0 Å². The lowest BCUT2D eigenvalue weighted by Crippen LogP contribution is -2.44. The highest BCUT2D eigenvalue weighted by molar-refractivity contribution is 7.89. The standard InChI is InChI=1S/C15H28N4O3S/c1-8-15(5,6)16-13(20)10-19-12(4)14(11(3)17-19)23(21,22)18(7)9-2/h8-10H2,1-7H3,(H,16,20). The molecule has 1 rings (SSSR count). The molecule has 0 aliphatic heterocycles. The Morgan fingerprint density at radius 2 is 1.87 bits per heavy atom. The Bertz CT molecular complexity index is 677. The molecule has 0 spiro atoms. The molecule has 0 unspecified atom stereocenters. The van der Waals surface area contributed by atoms with Gasteiger partial charge in [0.2, 0.25) is 15.9 Å².